The lowest BCUT2D eigenvalue weighted by atomic mass is 10.1. The third-order valence-electron chi connectivity index (χ3n) is 5.88. The monoisotopic (exact) mass is 399 g/mol. The number of rotatable bonds is 5. The fourth-order valence-electron chi connectivity index (χ4n) is 4.38. The molecule has 0 bridgehead atoms. The summed E-state index contributed by atoms with van der Waals surface area (Å²) in [5, 5.41) is 0. The van der Waals surface area contributed by atoms with Gasteiger partial charge in [-0.15, -0.1) is 0 Å². The van der Waals surface area contributed by atoms with Crippen LogP contribution in [0.5, 0.6) is 5.75 Å². The summed E-state index contributed by atoms with van der Waals surface area (Å²) < 4.78 is 7.92. The number of hydrogen-bond donors (Lipinski definition) is 0. The fourth-order valence-corrected chi connectivity index (χ4v) is 4.38. The summed E-state index contributed by atoms with van der Waals surface area (Å²) in [6.45, 7) is 5.80. The van der Waals surface area contributed by atoms with E-state index in [1.165, 1.54) is 16.8 Å². The van der Waals surface area contributed by atoms with E-state index in [-0.39, 0.29) is 0 Å². The molecule has 0 radical (unpaired) electrons. The molecule has 0 unspecified atom stereocenters. The number of aryl methyl sites for hydroxylation is 1. The van der Waals surface area contributed by atoms with Crippen molar-refractivity contribution in [2.45, 2.75) is 33.0 Å². The van der Waals surface area contributed by atoms with Crippen LogP contribution in [0.4, 0.5) is 0 Å². The third kappa shape index (κ3) is 3.44. The summed E-state index contributed by atoms with van der Waals surface area (Å²) in [6.07, 6.45) is 4.30. The van der Waals surface area contributed by atoms with Crippen molar-refractivity contribution in [3.63, 3.8) is 0 Å². The summed E-state index contributed by atoms with van der Waals surface area (Å²) >= 11 is 0. The third-order valence-corrected chi connectivity index (χ3v) is 5.88. The van der Waals surface area contributed by atoms with Gasteiger partial charge in [-0.25, -0.2) is 4.98 Å². The lowest BCUT2D eigenvalue weighted by Gasteiger charge is -2.29. The van der Waals surface area contributed by atoms with Crippen molar-refractivity contribution in [1.29, 1.82) is 0 Å². The Bertz CT molecular complexity index is 1190. The molecule has 0 N–H and O–H groups in total. The quantitative estimate of drug-likeness (QED) is 0.512. The van der Waals surface area contributed by atoms with E-state index in [1.54, 1.807) is 19.5 Å². The molecule has 1 aliphatic heterocycles. The highest BCUT2D eigenvalue weighted by molar-refractivity contribution is 5.77. The number of para-hydroxylation sites is 2. The lowest BCUT2D eigenvalue weighted by Crippen LogP contribution is -2.34. The summed E-state index contributed by atoms with van der Waals surface area (Å²) in [5.41, 5.74) is 6.75. The van der Waals surface area contributed by atoms with Crippen LogP contribution in [-0.2, 0) is 26.1 Å². The van der Waals surface area contributed by atoms with E-state index in [0.717, 1.165) is 60.9 Å². The summed E-state index contributed by atoms with van der Waals surface area (Å²) in [5.74, 6) is 2.03. The zero-order valence-corrected chi connectivity index (χ0v) is 17.4. The molecular weight excluding hydrogens is 374 g/mol. The van der Waals surface area contributed by atoms with Crippen molar-refractivity contribution >= 4 is 11.0 Å². The average Bonchev–Trinajstić information content (AvgIpc) is 3.09. The highest BCUT2D eigenvalue weighted by Gasteiger charge is 2.23. The van der Waals surface area contributed by atoms with Crippen molar-refractivity contribution in [3.8, 4) is 5.75 Å². The van der Waals surface area contributed by atoms with Crippen LogP contribution in [0.1, 0.15) is 28.3 Å². The molecule has 152 valence electrons. The number of imidazole rings is 1. The second-order valence-electron chi connectivity index (χ2n) is 7.75. The largest absolute Gasteiger partial charge is 0.496 e. The van der Waals surface area contributed by atoms with Gasteiger partial charge in [0.25, 0.3) is 0 Å². The van der Waals surface area contributed by atoms with Crippen LogP contribution in [0.3, 0.4) is 0 Å². The molecule has 6 nitrogen and oxygen atoms in total. The molecule has 0 fully saturated rings. The molecule has 0 atom stereocenters. The zero-order chi connectivity index (χ0) is 20.5. The maximum Gasteiger partial charge on any atom is 0.122 e. The minimum absolute atomic E-state index is 0.782. The Hall–Kier alpha value is -3.25. The van der Waals surface area contributed by atoms with E-state index in [0.29, 0.717) is 0 Å². The second-order valence-corrected chi connectivity index (χ2v) is 7.75. The lowest BCUT2D eigenvalue weighted by molar-refractivity contribution is 0.211. The van der Waals surface area contributed by atoms with Crippen molar-refractivity contribution < 1.29 is 4.74 Å². The maximum absolute atomic E-state index is 5.53. The topological polar surface area (TPSA) is 56.1 Å². The molecule has 0 spiro atoms. The zero-order valence-electron chi connectivity index (χ0n) is 17.4. The summed E-state index contributed by atoms with van der Waals surface area (Å²) in [7, 11) is 1.72. The van der Waals surface area contributed by atoms with Gasteiger partial charge in [-0.05, 0) is 24.6 Å². The summed E-state index contributed by atoms with van der Waals surface area (Å²) in [6, 6.07) is 14.4. The van der Waals surface area contributed by atoms with Gasteiger partial charge in [0, 0.05) is 50.6 Å². The van der Waals surface area contributed by atoms with Gasteiger partial charge in [0.2, 0.25) is 0 Å². The Balaban J connectivity index is 1.38. The number of benzene rings is 2. The number of nitrogens with zero attached hydrogens (tertiary/aromatic N) is 5. The van der Waals surface area contributed by atoms with Gasteiger partial charge < -0.3 is 9.30 Å². The van der Waals surface area contributed by atoms with Gasteiger partial charge in [-0.3, -0.25) is 14.9 Å². The molecule has 2 aromatic carbocycles. The normalized spacial score (nSPS) is 14.1. The van der Waals surface area contributed by atoms with Crippen molar-refractivity contribution in [2.24, 2.45) is 0 Å². The summed E-state index contributed by atoms with van der Waals surface area (Å²) in [4.78, 5) is 16.4. The first-order valence-corrected chi connectivity index (χ1v) is 10.3. The minimum atomic E-state index is 0.782. The van der Waals surface area contributed by atoms with Crippen LogP contribution in [0.15, 0.2) is 54.9 Å². The molecule has 6 heteroatoms. The van der Waals surface area contributed by atoms with Gasteiger partial charge >= 0.3 is 0 Å². The van der Waals surface area contributed by atoms with E-state index < -0.39 is 0 Å². The Morgan fingerprint density at radius 3 is 2.70 bits per heavy atom. The van der Waals surface area contributed by atoms with E-state index in [1.807, 2.05) is 18.2 Å². The van der Waals surface area contributed by atoms with Crippen molar-refractivity contribution in [3.05, 3.63) is 83.2 Å². The van der Waals surface area contributed by atoms with Crippen molar-refractivity contribution in [2.75, 3.05) is 13.7 Å². The molecule has 0 aliphatic carbocycles. The second kappa shape index (κ2) is 7.88. The predicted molar refractivity (Wildman–Crippen MR) is 116 cm³/mol. The highest BCUT2D eigenvalue weighted by atomic mass is 16.5. The fraction of sp³-hybridized carbons (Fsp3) is 0.292. The van der Waals surface area contributed by atoms with Gasteiger partial charge in [0.15, 0.2) is 0 Å². The van der Waals surface area contributed by atoms with E-state index in [4.69, 9.17) is 9.72 Å². The van der Waals surface area contributed by atoms with Gasteiger partial charge in [-0.1, -0.05) is 30.3 Å². The first-order chi connectivity index (χ1) is 14.7. The smallest absolute Gasteiger partial charge is 0.122 e. The molecule has 1 aliphatic rings. The van der Waals surface area contributed by atoms with E-state index in [2.05, 4.69) is 50.6 Å². The van der Waals surface area contributed by atoms with Crippen LogP contribution in [-0.4, -0.2) is 38.1 Å². The molecule has 5 rings (SSSR count). The number of hydrogen-bond acceptors (Lipinski definition) is 5. The number of methoxy groups -OCH3 is 1. The van der Waals surface area contributed by atoms with E-state index >= 15 is 0 Å². The minimum Gasteiger partial charge on any atom is -0.496 e. The van der Waals surface area contributed by atoms with Crippen LogP contribution in [0.2, 0.25) is 0 Å². The number of ether oxygens (including phenoxy) is 1. The molecular formula is C24H25N5O. The molecule has 4 aromatic rings. The first kappa shape index (κ1) is 18.8. The standard InChI is InChI=1S/C24H25N5O/c1-17-21-16-28(15-19-7-5-8-20-24(19)26-11-10-25-20)12-13-29(21)23(27-17)14-18-6-3-4-9-22(18)30-2/h3-11H,12-16H2,1-2H3. The van der Waals surface area contributed by atoms with Gasteiger partial charge in [-0.2, -0.15) is 0 Å². The van der Waals surface area contributed by atoms with Crippen LogP contribution >= 0.6 is 0 Å². The van der Waals surface area contributed by atoms with E-state index in [9.17, 15) is 0 Å². The van der Waals surface area contributed by atoms with Crippen LogP contribution in [0.25, 0.3) is 11.0 Å². The molecule has 0 saturated heterocycles. The van der Waals surface area contributed by atoms with Crippen molar-refractivity contribution in [1.82, 2.24) is 24.4 Å². The van der Waals surface area contributed by atoms with Gasteiger partial charge in [0.1, 0.15) is 11.6 Å². The van der Waals surface area contributed by atoms with Crippen LogP contribution in [0, 0.1) is 6.92 Å². The Morgan fingerprint density at radius 1 is 0.967 bits per heavy atom. The Labute approximate surface area is 176 Å². The van der Waals surface area contributed by atoms with Gasteiger partial charge in [0.05, 0.1) is 29.5 Å². The number of fused-ring (bicyclic) bond motifs is 2. The molecule has 30 heavy (non-hydrogen) atoms. The SMILES string of the molecule is COc1ccccc1Cc1nc(C)c2n1CCN(Cc1cccc3nccnc13)C2. The average molecular weight is 399 g/mol. The Kier molecular flexibility index (Phi) is 4.93. The molecule has 3 heterocycles. The molecule has 2 aromatic heterocycles. The first-order valence-electron chi connectivity index (χ1n) is 10.3. The molecule has 0 amide bonds. The highest BCUT2D eigenvalue weighted by Crippen LogP contribution is 2.26. The Morgan fingerprint density at radius 2 is 1.80 bits per heavy atom. The molecule has 0 saturated carbocycles. The predicted octanol–water partition coefficient (Wildman–Crippen LogP) is 3.75. The van der Waals surface area contributed by atoms with Crippen LogP contribution < -0.4 is 4.74 Å². The maximum atomic E-state index is 5.53. The number of aromatic nitrogens is 4.